The summed E-state index contributed by atoms with van der Waals surface area (Å²) in [7, 11) is 0. The molecule has 1 aliphatic heterocycles. The summed E-state index contributed by atoms with van der Waals surface area (Å²) in [4.78, 5) is 14.3. The van der Waals surface area contributed by atoms with Crippen LogP contribution in [-0.2, 0) is 0 Å². The number of hydrogen-bond acceptors (Lipinski definition) is 3. The van der Waals surface area contributed by atoms with E-state index >= 15 is 0 Å². The lowest BCUT2D eigenvalue weighted by molar-refractivity contribution is 0.0767. The zero-order chi connectivity index (χ0) is 13.3. The van der Waals surface area contributed by atoms with Crippen molar-refractivity contribution in [2.75, 3.05) is 6.54 Å². The van der Waals surface area contributed by atoms with E-state index in [2.05, 4.69) is 15.9 Å². The maximum Gasteiger partial charge on any atom is 0.258 e. The molecule has 18 heavy (non-hydrogen) atoms. The number of nitrogens with two attached hydrogens (primary N) is 1. The highest BCUT2D eigenvalue weighted by molar-refractivity contribution is 9.10. The van der Waals surface area contributed by atoms with Gasteiger partial charge in [-0.25, -0.2) is 0 Å². The summed E-state index contributed by atoms with van der Waals surface area (Å²) < 4.78 is 0.726. The van der Waals surface area contributed by atoms with E-state index in [4.69, 9.17) is 18.0 Å². The van der Waals surface area contributed by atoms with Gasteiger partial charge in [0, 0.05) is 11.0 Å². The highest BCUT2D eigenvalue weighted by Crippen LogP contribution is 2.27. The van der Waals surface area contributed by atoms with E-state index in [0.29, 0.717) is 11.5 Å². The van der Waals surface area contributed by atoms with Gasteiger partial charge in [-0.3, -0.25) is 4.79 Å². The van der Waals surface area contributed by atoms with Crippen molar-refractivity contribution in [3.8, 4) is 5.75 Å². The molecule has 96 valence electrons. The largest absolute Gasteiger partial charge is 0.507 e. The Morgan fingerprint density at radius 2 is 2.28 bits per heavy atom. The zero-order valence-corrected chi connectivity index (χ0v) is 12.0. The van der Waals surface area contributed by atoms with Crippen LogP contribution in [0.1, 0.15) is 23.2 Å². The van der Waals surface area contributed by atoms with Gasteiger partial charge in [-0.2, -0.15) is 0 Å². The molecule has 1 aromatic carbocycles. The summed E-state index contributed by atoms with van der Waals surface area (Å²) in [5.41, 5.74) is 5.91. The Balaban J connectivity index is 2.28. The molecule has 1 amide bonds. The van der Waals surface area contributed by atoms with Gasteiger partial charge in [-0.15, -0.1) is 0 Å². The first-order chi connectivity index (χ1) is 8.50. The lowest BCUT2D eigenvalue weighted by Gasteiger charge is -2.24. The second-order valence-corrected chi connectivity index (χ2v) is 5.61. The minimum Gasteiger partial charge on any atom is -0.507 e. The third-order valence-corrected chi connectivity index (χ3v) is 3.80. The molecular weight excluding hydrogens is 316 g/mol. The van der Waals surface area contributed by atoms with Crippen LogP contribution in [0.15, 0.2) is 22.7 Å². The fourth-order valence-corrected chi connectivity index (χ4v) is 2.74. The Hall–Kier alpha value is -1.14. The van der Waals surface area contributed by atoms with Crippen LogP contribution < -0.4 is 5.73 Å². The molecule has 1 aliphatic rings. The smallest absolute Gasteiger partial charge is 0.258 e. The number of aromatic hydroxyl groups is 1. The van der Waals surface area contributed by atoms with E-state index in [1.807, 2.05) is 0 Å². The number of benzene rings is 1. The second-order valence-electron chi connectivity index (χ2n) is 4.22. The number of carbonyl (C=O) groups is 1. The molecule has 1 aromatic rings. The maximum atomic E-state index is 12.3. The molecule has 0 spiro atoms. The molecule has 1 saturated heterocycles. The number of phenols is 1. The van der Waals surface area contributed by atoms with Gasteiger partial charge in [0.2, 0.25) is 0 Å². The quantitative estimate of drug-likeness (QED) is 0.815. The van der Waals surface area contributed by atoms with Gasteiger partial charge >= 0.3 is 0 Å². The molecule has 0 radical (unpaired) electrons. The molecule has 4 nitrogen and oxygen atoms in total. The van der Waals surface area contributed by atoms with E-state index in [1.54, 1.807) is 17.0 Å². The van der Waals surface area contributed by atoms with Crippen molar-refractivity contribution in [1.29, 1.82) is 0 Å². The predicted octanol–water partition coefficient (Wildman–Crippen LogP) is 2.05. The molecule has 1 atom stereocenters. The van der Waals surface area contributed by atoms with E-state index in [0.717, 1.165) is 17.3 Å². The molecule has 2 rings (SSSR count). The third-order valence-electron chi connectivity index (χ3n) is 3.03. The van der Waals surface area contributed by atoms with Gasteiger partial charge < -0.3 is 15.7 Å². The third kappa shape index (κ3) is 2.49. The molecule has 1 unspecified atom stereocenters. The average molecular weight is 329 g/mol. The van der Waals surface area contributed by atoms with Crippen LogP contribution in [0.2, 0.25) is 0 Å². The molecule has 0 aromatic heterocycles. The van der Waals surface area contributed by atoms with Crippen molar-refractivity contribution in [3.05, 3.63) is 28.2 Å². The van der Waals surface area contributed by atoms with Crippen molar-refractivity contribution >= 4 is 39.0 Å². The Morgan fingerprint density at radius 1 is 1.56 bits per heavy atom. The fourth-order valence-electron chi connectivity index (χ4n) is 2.15. The van der Waals surface area contributed by atoms with Gasteiger partial charge in [0.05, 0.1) is 16.6 Å². The van der Waals surface area contributed by atoms with Crippen LogP contribution in [0.3, 0.4) is 0 Å². The molecule has 3 N–H and O–H groups in total. The van der Waals surface area contributed by atoms with Crippen molar-refractivity contribution in [1.82, 2.24) is 4.90 Å². The van der Waals surface area contributed by atoms with E-state index in [9.17, 15) is 9.90 Å². The summed E-state index contributed by atoms with van der Waals surface area (Å²) in [5.74, 6) is -0.265. The van der Waals surface area contributed by atoms with Crippen molar-refractivity contribution in [2.45, 2.75) is 18.9 Å². The number of amides is 1. The number of thiocarbonyl (C=S) groups is 1. The Morgan fingerprint density at radius 3 is 2.89 bits per heavy atom. The van der Waals surface area contributed by atoms with E-state index < -0.39 is 0 Å². The molecule has 1 fully saturated rings. The monoisotopic (exact) mass is 328 g/mol. The normalized spacial score (nSPS) is 18.9. The molecular formula is C12H13BrN2O2S. The number of likely N-dealkylation sites (tertiary alicyclic amines) is 1. The number of phenolic OH excluding ortho intramolecular Hbond substituents is 1. The summed E-state index contributed by atoms with van der Waals surface area (Å²) in [5, 5.41) is 9.81. The Bertz CT molecular complexity index is 507. The van der Waals surface area contributed by atoms with Gasteiger partial charge in [0.15, 0.2) is 0 Å². The van der Waals surface area contributed by atoms with Crippen molar-refractivity contribution in [3.63, 3.8) is 0 Å². The lowest BCUT2D eigenvalue weighted by atomic mass is 10.1. The van der Waals surface area contributed by atoms with E-state index in [1.165, 1.54) is 6.07 Å². The topological polar surface area (TPSA) is 66.6 Å². The number of carbonyl (C=O) groups excluding carboxylic acids is 1. The fraction of sp³-hybridized carbons (Fsp3) is 0.333. The number of halogens is 1. The standard InChI is InChI=1S/C12H13BrN2O2S/c13-7-3-4-8(10(16)6-7)12(17)15-5-1-2-9(15)11(14)18/h3-4,6,9,16H,1-2,5H2,(H2,14,18). The predicted molar refractivity (Wildman–Crippen MR) is 76.7 cm³/mol. The van der Waals surface area contributed by atoms with Crippen LogP contribution in [0.25, 0.3) is 0 Å². The molecule has 6 heteroatoms. The van der Waals surface area contributed by atoms with Gasteiger partial charge in [0.1, 0.15) is 5.75 Å². The van der Waals surface area contributed by atoms with Crippen LogP contribution in [0.5, 0.6) is 5.75 Å². The van der Waals surface area contributed by atoms with Crippen LogP contribution in [0, 0.1) is 0 Å². The Labute approximate surface area is 119 Å². The van der Waals surface area contributed by atoms with Crippen molar-refractivity contribution in [2.24, 2.45) is 5.73 Å². The summed E-state index contributed by atoms with van der Waals surface area (Å²) in [6.07, 6.45) is 1.67. The van der Waals surface area contributed by atoms with Gasteiger partial charge in [-0.05, 0) is 31.0 Å². The first-order valence-electron chi connectivity index (χ1n) is 5.59. The van der Waals surface area contributed by atoms with Crippen LogP contribution >= 0.6 is 28.1 Å². The first kappa shape index (κ1) is 13.3. The molecule has 1 heterocycles. The van der Waals surface area contributed by atoms with E-state index in [-0.39, 0.29) is 23.3 Å². The number of hydrogen-bond donors (Lipinski definition) is 2. The van der Waals surface area contributed by atoms with Crippen LogP contribution in [-0.4, -0.2) is 33.5 Å². The zero-order valence-electron chi connectivity index (χ0n) is 9.60. The summed E-state index contributed by atoms with van der Waals surface area (Å²) in [6.45, 7) is 0.621. The minimum atomic E-state index is -0.227. The Kier molecular flexibility index (Phi) is 3.87. The summed E-state index contributed by atoms with van der Waals surface area (Å²) in [6, 6.07) is 4.62. The van der Waals surface area contributed by atoms with Gasteiger partial charge in [-0.1, -0.05) is 28.1 Å². The maximum absolute atomic E-state index is 12.3. The summed E-state index contributed by atoms with van der Waals surface area (Å²) >= 11 is 8.21. The number of nitrogens with zero attached hydrogens (tertiary/aromatic N) is 1. The molecule has 0 bridgehead atoms. The van der Waals surface area contributed by atoms with Crippen molar-refractivity contribution < 1.29 is 9.90 Å². The highest BCUT2D eigenvalue weighted by atomic mass is 79.9. The highest BCUT2D eigenvalue weighted by Gasteiger charge is 2.32. The molecule has 0 saturated carbocycles. The first-order valence-corrected chi connectivity index (χ1v) is 6.79. The number of rotatable bonds is 2. The lowest BCUT2D eigenvalue weighted by Crippen LogP contribution is -2.42. The minimum absolute atomic E-state index is 0.0389. The van der Waals surface area contributed by atoms with Crippen LogP contribution in [0.4, 0.5) is 0 Å². The SMILES string of the molecule is NC(=S)C1CCCN1C(=O)c1ccc(Br)cc1O. The second kappa shape index (κ2) is 5.24. The molecule has 0 aliphatic carbocycles. The average Bonchev–Trinajstić information content (AvgIpc) is 2.77. The van der Waals surface area contributed by atoms with Gasteiger partial charge in [0.25, 0.3) is 5.91 Å².